The van der Waals surface area contributed by atoms with Gasteiger partial charge in [0.15, 0.2) is 0 Å². The third kappa shape index (κ3) is 2.91. The number of amides is 1. The van der Waals surface area contributed by atoms with Crippen molar-refractivity contribution in [2.24, 2.45) is 5.92 Å². The molecule has 1 fully saturated rings. The number of hydrogen-bond donors (Lipinski definition) is 2. The summed E-state index contributed by atoms with van der Waals surface area (Å²) in [6.45, 7) is 7.25. The minimum Gasteiger partial charge on any atom is -0.324 e. The average molecular weight is 246 g/mol. The zero-order valence-electron chi connectivity index (χ0n) is 11.4. The number of benzene rings is 1. The van der Waals surface area contributed by atoms with Crippen LogP contribution in [0.4, 0.5) is 5.69 Å². The Labute approximate surface area is 109 Å². The predicted molar refractivity (Wildman–Crippen MR) is 74.7 cm³/mol. The van der Waals surface area contributed by atoms with Crippen LogP contribution in [0.3, 0.4) is 0 Å². The van der Waals surface area contributed by atoms with Crippen molar-refractivity contribution in [2.45, 2.75) is 39.7 Å². The molecule has 2 atom stereocenters. The Balaban J connectivity index is 2.04. The normalized spacial score (nSPS) is 23.7. The molecule has 1 amide bonds. The summed E-state index contributed by atoms with van der Waals surface area (Å²) in [7, 11) is 0. The first-order chi connectivity index (χ1) is 8.58. The number of carbonyl (C=O) groups is 1. The Morgan fingerprint density at radius 2 is 2.17 bits per heavy atom. The minimum absolute atomic E-state index is 0.0475. The zero-order valence-corrected chi connectivity index (χ0v) is 11.4. The van der Waals surface area contributed by atoms with Crippen LogP contribution in [0.1, 0.15) is 30.9 Å². The first-order valence-electron chi connectivity index (χ1n) is 6.68. The Morgan fingerprint density at radius 3 is 2.89 bits per heavy atom. The van der Waals surface area contributed by atoms with Crippen LogP contribution in [-0.4, -0.2) is 18.5 Å². The highest BCUT2D eigenvalue weighted by molar-refractivity contribution is 5.95. The van der Waals surface area contributed by atoms with Crippen molar-refractivity contribution in [3.63, 3.8) is 0 Å². The number of piperidine rings is 1. The quantitative estimate of drug-likeness (QED) is 0.842. The Morgan fingerprint density at radius 1 is 1.39 bits per heavy atom. The second-order valence-electron chi connectivity index (χ2n) is 5.37. The van der Waals surface area contributed by atoms with Gasteiger partial charge in [0.2, 0.25) is 5.91 Å². The van der Waals surface area contributed by atoms with Gasteiger partial charge in [0.05, 0.1) is 6.04 Å². The van der Waals surface area contributed by atoms with Crippen LogP contribution in [0.25, 0.3) is 0 Å². The summed E-state index contributed by atoms with van der Waals surface area (Å²) < 4.78 is 0. The molecule has 0 radical (unpaired) electrons. The monoisotopic (exact) mass is 246 g/mol. The van der Waals surface area contributed by atoms with E-state index in [1.165, 1.54) is 5.56 Å². The van der Waals surface area contributed by atoms with Crippen LogP contribution in [0.5, 0.6) is 0 Å². The number of rotatable bonds is 2. The molecule has 2 N–H and O–H groups in total. The molecule has 3 nitrogen and oxygen atoms in total. The average Bonchev–Trinajstić information content (AvgIpc) is 2.35. The number of nitrogens with one attached hydrogen (secondary N) is 2. The van der Waals surface area contributed by atoms with Crippen molar-refractivity contribution in [3.05, 3.63) is 29.3 Å². The molecule has 0 aliphatic carbocycles. The summed E-state index contributed by atoms with van der Waals surface area (Å²) in [6, 6.07) is 5.96. The largest absolute Gasteiger partial charge is 0.324 e. The lowest BCUT2D eigenvalue weighted by Crippen LogP contribution is -2.45. The van der Waals surface area contributed by atoms with Crippen LogP contribution in [0.15, 0.2) is 18.2 Å². The number of anilines is 1. The van der Waals surface area contributed by atoms with E-state index in [0.717, 1.165) is 30.6 Å². The predicted octanol–water partition coefficient (Wildman–Crippen LogP) is 2.63. The fraction of sp³-hybridized carbons (Fsp3) is 0.533. The standard InChI is InChI=1S/C15H22N2O/c1-10-7-8-16-14(9-10)15(18)17-13-6-4-5-11(2)12(13)3/h4-6,10,14,16H,7-9H2,1-3H3,(H,17,18). The van der Waals surface area contributed by atoms with Gasteiger partial charge in [-0.25, -0.2) is 0 Å². The molecule has 2 unspecified atom stereocenters. The molecule has 0 bridgehead atoms. The van der Waals surface area contributed by atoms with Gasteiger partial charge in [0.25, 0.3) is 0 Å². The molecule has 1 aliphatic rings. The maximum absolute atomic E-state index is 12.2. The topological polar surface area (TPSA) is 41.1 Å². The van der Waals surface area contributed by atoms with Gasteiger partial charge in [0.1, 0.15) is 0 Å². The first kappa shape index (κ1) is 13.1. The molecule has 0 aromatic heterocycles. The molecule has 1 aliphatic heterocycles. The van der Waals surface area contributed by atoms with Gasteiger partial charge in [-0.1, -0.05) is 19.1 Å². The molecular formula is C15H22N2O. The van der Waals surface area contributed by atoms with Gasteiger partial charge >= 0.3 is 0 Å². The molecule has 1 aromatic rings. The van der Waals surface area contributed by atoms with Crippen molar-refractivity contribution in [1.29, 1.82) is 0 Å². The number of carbonyl (C=O) groups excluding carboxylic acids is 1. The van der Waals surface area contributed by atoms with Crippen LogP contribution in [-0.2, 0) is 4.79 Å². The van der Waals surface area contributed by atoms with Crippen molar-refractivity contribution >= 4 is 11.6 Å². The van der Waals surface area contributed by atoms with Gasteiger partial charge in [-0.3, -0.25) is 4.79 Å². The molecule has 1 saturated heterocycles. The van der Waals surface area contributed by atoms with E-state index in [-0.39, 0.29) is 11.9 Å². The molecule has 1 heterocycles. The molecule has 0 spiro atoms. The van der Waals surface area contributed by atoms with E-state index in [9.17, 15) is 4.79 Å². The molecule has 3 heteroatoms. The second kappa shape index (κ2) is 5.53. The van der Waals surface area contributed by atoms with Gasteiger partial charge < -0.3 is 10.6 Å². The molecular weight excluding hydrogens is 224 g/mol. The highest BCUT2D eigenvalue weighted by atomic mass is 16.2. The third-order valence-corrected chi connectivity index (χ3v) is 3.84. The molecule has 98 valence electrons. The molecule has 0 saturated carbocycles. The second-order valence-corrected chi connectivity index (χ2v) is 5.37. The lowest BCUT2D eigenvalue weighted by Gasteiger charge is -2.27. The van der Waals surface area contributed by atoms with E-state index in [2.05, 4.69) is 30.5 Å². The Hall–Kier alpha value is -1.35. The first-order valence-corrected chi connectivity index (χ1v) is 6.68. The summed E-state index contributed by atoms with van der Waals surface area (Å²) in [4.78, 5) is 12.2. The minimum atomic E-state index is -0.0475. The van der Waals surface area contributed by atoms with Gasteiger partial charge in [0, 0.05) is 5.69 Å². The molecule has 1 aromatic carbocycles. The van der Waals surface area contributed by atoms with Crippen LogP contribution in [0.2, 0.25) is 0 Å². The number of hydrogen-bond acceptors (Lipinski definition) is 2. The van der Waals surface area contributed by atoms with E-state index in [4.69, 9.17) is 0 Å². The molecule has 18 heavy (non-hydrogen) atoms. The summed E-state index contributed by atoms with van der Waals surface area (Å²) in [5.41, 5.74) is 3.28. The highest BCUT2D eigenvalue weighted by Crippen LogP contribution is 2.20. The SMILES string of the molecule is Cc1cccc(NC(=O)C2CC(C)CCN2)c1C. The van der Waals surface area contributed by atoms with E-state index in [1.807, 2.05) is 19.1 Å². The lowest BCUT2D eigenvalue weighted by molar-refractivity contribution is -0.119. The highest BCUT2D eigenvalue weighted by Gasteiger charge is 2.24. The van der Waals surface area contributed by atoms with E-state index >= 15 is 0 Å². The van der Waals surface area contributed by atoms with Crippen molar-refractivity contribution in [3.8, 4) is 0 Å². The van der Waals surface area contributed by atoms with Crippen LogP contribution >= 0.6 is 0 Å². The van der Waals surface area contributed by atoms with Gasteiger partial charge in [-0.05, 0) is 56.3 Å². The van der Waals surface area contributed by atoms with Crippen LogP contribution < -0.4 is 10.6 Å². The maximum Gasteiger partial charge on any atom is 0.241 e. The number of aryl methyl sites for hydroxylation is 1. The van der Waals surface area contributed by atoms with E-state index in [1.54, 1.807) is 0 Å². The summed E-state index contributed by atoms with van der Waals surface area (Å²) >= 11 is 0. The summed E-state index contributed by atoms with van der Waals surface area (Å²) in [5, 5.41) is 6.33. The van der Waals surface area contributed by atoms with E-state index < -0.39 is 0 Å². The Bertz CT molecular complexity index is 442. The lowest BCUT2D eigenvalue weighted by atomic mass is 9.94. The van der Waals surface area contributed by atoms with Gasteiger partial charge in [-0.15, -0.1) is 0 Å². The molecule has 2 rings (SSSR count). The summed E-state index contributed by atoms with van der Waals surface area (Å²) in [6.07, 6.45) is 2.09. The Kier molecular flexibility index (Phi) is 4.02. The maximum atomic E-state index is 12.2. The fourth-order valence-electron chi connectivity index (χ4n) is 2.41. The van der Waals surface area contributed by atoms with Crippen molar-refractivity contribution in [1.82, 2.24) is 5.32 Å². The van der Waals surface area contributed by atoms with Gasteiger partial charge in [-0.2, -0.15) is 0 Å². The van der Waals surface area contributed by atoms with Crippen LogP contribution in [0, 0.1) is 19.8 Å². The third-order valence-electron chi connectivity index (χ3n) is 3.84. The van der Waals surface area contributed by atoms with Crippen molar-refractivity contribution < 1.29 is 4.79 Å². The summed E-state index contributed by atoms with van der Waals surface area (Å²) in [5.74, 6) is 0.718. The zero-order chi connectivity index (χ0) is 13.1. The van der Waals surface area contributed by atoms with E-state index in [0.29, 0.717) is 5.92 Å². The smallest absolute Gasteiger partial charge is 0.241 e. The van der Waals surface area contributed by atoms with Crippen molar-refractivity contribution in [2.75, 3.05) is 11.9 Å². The fourth-order valence-corrected chi connectivity index (χ4v) is 2.41.